The zero-order valence-corrected chi connectivity index (χ0v) is 17.6. The van der Waals surface area contributed by atoms with Gasteiger partial charge >= 0.3 is 23.2 Å². The molecule has 2 heterocycles. The molecular weight excluding hydrogens is 382 g/mol. The van der Waals surface area contributed by atoms with Gasteiger partial charge in [-0.1, -0.05) is 25.5 Å². The highest BCUT2D eigenvalue weighted by molar-refractivity contribution is 7.17. The molecule has 0 saturated carbocycles. The Morgan fingerprint density at radius 1 is 1.39 bits per heavy atom. The van der Waals surface area contributed by atoms with Gasteiger partial charge in [-0.15, -0.1) is 11.3 Å². The van der Waals surface area contributed by atoms with Crippen LogP contribution in [0, 0.1) is 11.3 Å². The number of fused-ring (bicyclic) bond motifs is 1. The number of rotatable bonds is 4. The summed E-state index contributed by atoms with van der Waals surface area (Å²) in [6.45, 7) is 8.65. The average molecular weight is 409 g/mol. The topological polar surface area (TPSA) is 105 Å². The number of amides is 1. The fraction of sp³-hybridized carbons (Fsp3) is 0.579. The number of carbonyl (C=O) groups excluding carboxylic acids is 2. The number of hydrogen-bond donors (Lipinski definition) is 2. The lowest BCUT2D eigenvalue weighted by Crippen LogP contribution is -2.41. The Morgan fingerprint density at radius 2 is 2.11 bits per heavy atom. The molecule has 1 atom stereocenters. The van der Waals surface area contributed by atoms with Crippen molar-refractivity contribution in [1.29, 1.82) is 0 Å². The molecular formula is C19H26N3O5S+. The SMILES string of the molecule is CCOC(=O)c1c(NC(=O)c2c(=O)o[nH][n+]2C)sc2c1CCC(C(C)(C)C)C2. The minimum absolute atomic E-state index is 0.160. The first kappa shape index (κ1) is 20.3. The minimum atomic E-state index is -0.771. The van der Waals surface area contributed by atoms with Crippen molar-refractivity contribution < 1.29 is 23.5 Å². The number of ether oxygens (including phenoxy) is 1. The second-order valence-corrected chi connectivity index (χ2v) is 9.18. The maximum Gasteiger partial charge on any atom is 0.440 e. The van der Waals surface area contributed by atoms with Gasteiger partial charge in [0, 0.05) is 4.88 Å². The summed E-state index contributed by atoms with van der Waals surface area (Å²) in [4.78, 5) is 38.1. The van der Waals surface area contributed by atoms with E-state index in [0.717, 1.165) is 29.7 Å². The van der Waals surface area contributed by atoms with Gasteiger partial charge in [-0.05, 0) is 48.4 Å². The lowest BCUT2D eigenvalue weighted by molar-refractivity contribution is -0.741. The highest BCUT2D eigenvalue weighted by Crippen LogP contribution is 2.44. The molecule has 8 nitrogen and oxygen atoms in total. The first-order chi connectivity index (χ1) is 13.1. The number of aromatic amines is 1. The molecule has 0 saturated heterocycles. The lowest BCUT2D eigenvalue weighted by atomic mass is 9.72. The molecule has 0 aliphatic heterocycles. The Kier molecular flexibility index (Phi) is 5.47. The number of aromatic nitrogens is 2. The molecule has 0 bridgehead atoms. The molecule has 0 fully saturated rings. The highest BCUT2D eigenvalue weighted by atomic mass is 32.1. The standard InChI is InChI=1S/C19H25N3O5S/c1-6-26-17(24)13-11-8-7-10(19(2,3)4)9-12(11)28-16(13)20-15(23)14-18(25)27-21-22(14)5/h10H,6-9H2,1-5H3,(H-,20,21,23,24,25)/p+1. The van der Waals surface area contributed by atoms with Crippen molar-refractivity contribution in [1.82, 2.24) is 5.27 Å². The monoisotopic (exact) mass is 408 g/mol. The van der Waals surface area contributed by atoms with Crippen molar-refractivity contribution >= 4 is 28.2 Å². The molecule has 28 heavy (non-hydrogen) atoms. The third kappa shape index (κ3) is 3.76. The molecule has 1 amide bonds. The van der Waals surface area contributed by atoms with Crippen LogP contribution in [0.4, 0.5) is 5.00 Å². The predicted octanol–water partition coefficient (Wildman–Crippen LogP) is 2.43. The molecule has 2 aromatic heterocycles. The molecule has 0 spiro atoms. The predicted molar refractivity (Wildman–Crippen MR) is 104 cm³/mol. The van der Waals surface area contributed by atoms with Gasteiger partial charge in [-0.25, -0.2) is 9.59 Å². The van der Waals surface area contributed by atoms with E-state index in [9.17, 15) is 14.4 Å². The van der Waals surface area contributed by atoms with Gasteiger partial charge in [0.15, 0.2) is 7.05 Å². The molecule has 0 radical (unpaired) electrons. The van der Waals surface area contributed by atoms with Gasteiger partial charge < -0.3 is 10.1 Å². The van der Waals surface area contributed by atoms with Crippen LogP contribution in [0.5, 0.6) is 0 Å². The van der Waals surface area contributed by atoms with Gasteiger partial charge in [-0.3, -0.25) is 9.32 Å². The number of nitrogens with one attached hydrogen (secondary N) is 2. The van der Waals surface area contributed by atoms with E-state index in [0.29, 0.717) is 16.5 Å². The number of anilines is 1. The van der Waals surface area contributed by atoms with E-state index >= 15 is 0 Å². The second-order valence-electron chi connectivity index (χ2n) is 8.08. The fourth-order valence-corrected chi connectivity index (χ4v) is 4.89. The first-order valence-electron chi connectivity index (χ1n) is 9.34. The van der Waals surface area contributed by atoms with E-state index < -0.39 is 17.5 Å². The smallest absolute Gasteiger partial charge is 0.440 e. The summed E-state index contributed by atoms with van der Waals surface area (Å²) < 4.78 is 11.1. The molecule has 9 heteroatoms. The maximum absolute atomic E-state index is 12.6. The largest absolute Gasteiger partial charge is 0.462 e. The minimum Gasteiger partial charge on any atom is -0.462 e. The van der Waals surface area contributed by atoms with Crippen molar-refractivity contribution in [3.8, 4) is 0 Å². The summed E-state index contributed by atoms with van der Waals surface area (Å²) in [5.74, 6) is -0.587. The van der Waals surface area contributed by atoms with Gasteiger partial charge in [-0.2, -0.15) is 0 Å². The van der Waals surface area contributed by atoms with Crippen LogP contribution < -0.4 is 15.6 Å². The zero-order chi connectivity index (χ0) is 20.6. The van der Waals surface area contributed by atoms with Crippen LogP contribution in [-0.4, -0.2) is 23.8 Å². The van der Waals surface area contributed by atoms with Gasteiger partial charge in [0.05, 0.1) is 12.2 Å². The van der Waals surface area contributed by atoms with Crippen LogP contribution in [0.1, 0.15) is 65.4 Å². The number of thiophene rings is 1. The molecule has 1 aliphatic rings. The Balaban J connectivity index is 1.99. The number of aryl methyl sites for hydroxylation is 1. The Hall–Kier alpha value is -2.42. The zero-order valence-electron chi connectivity index (χ0n) is 16.8. The molecule has 3 rings (SSSR count). The number of esters is 1. The molecule has 2 aromatic rings. The fourth-order valence-electron chi connectivity index (χ4n) is 3.58. The van der Waals surface area contributed by atoms with Crippen LogP contribution in [0.15, 0.2) is 9.32 Å². The summed E-state index contributed by atoms with van der Waals surface area (Å²) >= 11 is 1.39. The Labute approximate surface area is 166 Å². The van der Waals surface area contributed by atoms with E-state index in [-0.39, 0.29) is 17.7 Å². The van der Waals surface area contributed by atoms with Crippen LogP contribution in [0.2, 0.25) is 0 Å². The lowest BCUT2D eigenvalue weighted by Gasteiger charge is -2.33. The number of hydrogen-bond acceptors (Lipinski definition) is 6. The van der Waals surface area contributed by atoms with E-state index in [1.165, 1.54) is 23.1 Å². The molecule has 1 aliphatic carbocycles. The Morgan fingerprint density at radius 3 is 2.68 bits per heavy atom. The van der Waals surface area contributed by atoms with Crippen LogP contribution in [0.25, 0.3) is 0 Å². The third-order valence-electron chi connectivity index (χ3n) is 5.22. The quantitative estimate of drug-likeness (QED) is 0.597. The van der Waals surface area contributed by atoms with E-state index in [1.807, 2.05) is 0 Å². The van der Waals surface area contributed by atoms with Crippen LogP contribution >= 0.6 is 11.3 Å². The van der Waals surface area contributed by atoms with Crippen molar-refractivity contribution in [3.63, 3.8) is 0 Å². The molecule has 2 N–H and O–H groups in total. The highest BCUT2D eigenvalue weighted by Gasteiger charge is 2.35. The average Bonchev–Trinajstić information content (AvgIpc) is 3.12. The summed E-state index contributed by atoms with van der Waals surface area (Å²) in [5.41, 5.74) is 0.572. The number of H-pyrrole nitrogens is 1. The van der Waals surface area contributed by atoms with Gasteiger partial charge in [0.1, 0.15) is 5.00 Å². The molecule has 152 valence electrons. The number of carbonyl (C=O) groups is 2. The van der Waals surface area contributed by atoms with E-state index in [2.05, 4.69) is 35.9 Å². The Bertz CT molecular complexity index is 963. The second kappa shape index (κ2) is 7.54. The normalized spacial score (nSPS) is 16.5. The first-order valence-corrected chi connectivity index (χ1v) is 10.2. The summed E-state index contributed by atoms with van der Waals surface area (Å²) in [5, 5.41) is 5.46. The molecule has 1 unspecified atom stereocenters. The van der Waals surface area contributed by atoms with Crippen molar-refractivity contribution in [2.24, 2.45) is 18.4 Å². The van der Waals surface area contributed by atoms with E-state index in [1.54, 1.807) is 6.92 Å². The van der Waals surface area contributed by atoms with Crippen LogP contribution in [0.3, 0.4) is 0 Å². The number of nitrogens with zero attached hydrogens (tertiary/aromatic N) is 1. The summed E-state index contributed by atoms with van der Waals surface area (Å²) in [6, 6.07) is 0. The van der Waals surface area contributed by atoms with Crippen molar-refractivity contribution in [2.75, 3.05) is 11.9 Å². The van der Waals surface area contributed by atoms with Gasteiger partial charge in [0.2, 0.25) is 0 Å². The van der Waals surface area contributed by atoms with E-state index in [4.69, 9.17) is 4.74 Å². The van der Waals surface area contributed by atoms with Crippen molar-refractivity contribution in [2.45, 2.75) is 47.0 Å². The van der Waals surface area contributed by atoms with Crippen LogP contribution in [-0.2, 0) is 24.6 Å². The van der Waals surface area contributed by atoms with Crippen molar-refractivity contribution in [3.05, 3.63) is 32.1 Å². The summed E-state index contributed by atoms with van der Waals surface area (Å²) in [7, 11) is 1.50. The summed E-state index contributed by atoms with van der Waals surface area (Å²) in [6.07, 6.45) is 2.59. The van der Waals surface area contributed by atoms with Gasteiger partial charge in [0.25, 0.3) is 0 Å². The molecule has 0 aromatic carbocycles. The maximum atomic E-state index is 12.6. The third-order valence-corrected chi connectivity index (χ3v) is 6.39.